The topological polar surface area (TPSA) is 34.9 Å². The van der Waals surface area contributed by atoms with Gasteiger partial charge in [0.15, 0.2) is 5.78 Å². The number of ketones is 1. The molecule has 0 aromatic carbocycles. The van der Waals surface area contributed by atoms with Gasteiger partial charge in [0, 0.05) is 17.8 Å². The van der Waals surface area contributed by atoms with Crippen LogP contribution in [0.5, 0.6) is 0 Å². The van der Waals surface area contributed by atoms with Crippen LogP contribution in [-0.2, 0) is 4.79 Å². The Labute approximate surface area is 85.2 Å². The molecule has 0 fully saturated rings. The number of imidazole rings is 1. The highest BCUT2D eigenvalue weighted by atomic mass is 16.1. The van der Waals surface area contributed by atoms with Gasteiger partial charge in [-0.15, -0.1) is 0 Å². The minimum atomic E-state index is -0.287. The minimum Gasteiger partial charge on any atom is -0.327 e. The molecule has 14 heavy (non-hydrogen) atoms. The predicted molar refractivity (Wildman–Crippen MR) is 56.0 cm³/mol. The zero-order chi connectivity index (χ0) is 10.8. The molecular formula is C11H18N2O. The number of aromatic nitrogens is 2. The molecule has 1 heterocycles. The lowest BCUT2D eigenvalue weighted by Crippen LogP contribution is -2.29. The predicted octanol–water partition coefficient (Wildman–Crippen LogP) is 2.45. The Morgan fingerprint density at radius 3 is 2.50 bits per heavy atom. The fourth-order valence-corrected chi connectivity index (χ4v) is 1.49. The SMILES string of the molecule is CCC(C(=O)C(C)(C)C)n1ccnc1. The average Bonchev–Trinajstić information content (AvgIpc) is 2.57. The van der Waals surface area contributed by atoms with Gasteiger partial charge in [-0.3, -0.25) is 4.79 Å². The third-order valence-corrected chi connectivity index (χ3v) is 2.31. The van der Waals surface area contributed by atoms with Crippen LogP contribution in [0, 0.1) is 5.41 Å². The van der Waals surface area contributed by atoms with Gasteiger partial charge in [-0.25, -0.2) is 4.98 Å². The Bertz CT molecular complexity index is 296. The Morgan fingerprint density at radius 2 is 2.14 bits per heavy atom. The first kappa shape index (κ1) is 11.0. The number of carbonyl (C=O) groups excluding carboxylic acids is 1. The van der Waals surface area contributed by atoms with Gasteiger partial charge in [-0.2, -0.15) is 0 Å². The van der Waals surface area contributed by atoms with Crippen LogP contribution in [0.1, 0.15) is 40.2 Å². The summed E-state index contributed by atoms with van der Waals surface area (Å²) in [7, 11) is 0. The van der Waals surface area contributed by atoms with E-state index in [0.29, 0.717) is 0 Å². The molecule has 78 valence electrons. The second-order valence-electron chi connectivity index (χ2n) is 4.55. The Hall–Kier alpha value is -1.12. The molecule has 0 saturated heterocycles. The molecule has 0 saturated carbocycles. The number of Topliss-reactive ketones (excluding diaryl/α,β-unsaturated/α-hetero) is 1. The molecule has 0 spiro atoms. The summed E-state index contributed by atoms with van der Waals surface area (Å²) in [6.45, 7) is 7.88. The van der Waals surface area contributed by atoms with Crippen molar-refractivity contribution in [2.45, 2.75) is 40.2 Å². The van der Waals surface area contributed by atoms with Gasteiger partial charge < -0.3 is 4.57 Å². The van der Waals surface area contributed by atoms with Crippen molar-refractivity contribution < 1.29 is 4.79 Å². The second-order valence-corrected chi connectivity index (χ2v) is 4.55. The molecule has 3 nitrogen and oxygen atoms in total. The first-order valence-electron chi connectivity index (χ1n) is 4.98. The molecule has 0 aliphatic heterocycles. The summed E-state index contributed by atoms with van der Waals surface area (Å²) in [4.78, 5) is 16.0. The third-order valence-electron chi connectivity index (χ3n) is 2.31. The molecule has 1 atom stereocenters. The van der Waals surface area contributed by atoms with Crippen LogP contribution in [0.4, 0.5) is 0 Å². The summed E-state index contributed by atoms with van der Waals surface area (Å²) >= 11 is 0. The van der Waals surface area contributed by atoms with Gasteiger partial charge in [0.2, 0.25) is 0 Å². The summed E-state index contributed by atoms with van der Waals surface area (Å²) in [5.41, 5.74) is -0.287. The molecule has 0 amide bonds. The summed E-state index contributed by atoms with van der Waals surface area (Å²) in [6.07, 6.45) is 6.07. The molecule has 0 radical (unpaired) electrons. The lowest BCUT2D eigenvalue weighted by molar-refractivity contribution is -0.129. The van der Waals surface area contributed by atoms with Crippen molar-refractivity contribution in [3.8, 4) is 0 Å². The summed E-state index contributed by atoms with van der Waals surface area (Å²) in [5.74, 6) is 0.262. The van der Waals surface area contributed by atoms with E-state index in [9.17, 15) is 4.79 Å². The smallest absolute Gasteiger partial charge is 0.160 e. The quantitative estimate of drug-likeness (QED) is 0.740. The van der Waals surface area contributed by atoms with Crippen molar-refractivity contribution in [2.75, 3.05) is 0 Å². The van der Waals surface area contributed by atoms with Gasteiger partial charge in [0.25, 0.3) is 0 Å². The number of carbonyl (C=O) groups is 1. The molecule has 3 heteroatoms. The van der Waals surface area contributed by atoms with E-state index in [1.807, 2.05) is 38.5 Å². The van der Waals surface area contributed by atoms with Crippen molar-refractivity contribution in [2.24, 2.45) is 5.41 Å². The van der Waals surface area contributed by atoms with Crippen molar-refractivity contribution >= 4 is 5.78 Å². The highest BCUT2D eigenvalue weighted by molar-refractivity contribution is 5.87. The van der Waals surface area contributed by atoms with Crippen molar-refractivity contribution in [3.05, 3.63) is 18.7 Å². The Kier molecular flexibility index (Phi) is 3.09. The maximum Gasteiger partial charge on any atom is 0.160 e. The number of rotatable bonds is 3. The largest absolute Gasteiger partial charge is 0.327 e. The van der Waals surface area contributed by atoms with Crippen LogP contribution in [0.3, 0.4) is 0 Å². The molecule has 0 bridgehead atoms. The van der Waals surface area contributed by atoms with Crippen LogP contribution in [0.15, 0.2) is 18.7 Å². The van der Waals surface area contributed by atoms with Crippen LogP contribution in [0.2, 0.25) is 0 Å². The van der Waals surface area contributed by atoms with Crippen molar-refractivity contribution in [1.82, 2.24) is 9.55 Å². The first-order chi connectivity index (χ1) is 6.46. The monoisotopic (exact) mass is 194 g/mol. The van der Waals surface area contributed by atoms with E-state index in [0.717, 1.165) is 6.42 Å². The molecule has 1 aromatic heterocycles. The Morgan fingerprint density at radius 1 is 1.50 bits per heavy atom. The number of nitrogens with zero attached hydrogens (tertiary/aromatic N) is 2. The fourth-order valence-electron chi connectivity index (χ4n) is 1.49. The van der Waals surface area contributed by atoms with Gasteiger partial charge in [-0.1, -0.05) is 27.7 Å². The van der Waals surface area contributed by atoms with E-state index in [-0.39, 0.29) is 17.2 Å². The van der Waals surface area contributed by atoms with Gasteiger partial charge in [0.1, 0.15) is 0 Å². The zero-order valence-corrected chi connectivity index (χ0v) is 9.32. The number of hydrogen-bond acceptors (Lipinski definition) is 2. The lowest BCUT2D eigenvalue weighted by atomic mass is 9.85. The highest BCUT2D eigenvalue weighted by Crippen LogP contribution is 2.25. The number of hydrogen-bond donors (Lipinski definition) is 0. The molecule has 1 unspecified atom stereocenters. The maximum absolute atomic E-state index is 12.0. The fraction of sp³-hybridized carbons (Fsp3) is 0.636. The molecule has 1 aromatic rings. The van der Waals surface area contributed by atoms with Gasteiger partial charge >= 0.3 is 0 Å². The maximum atomic E-state index is 12.0. The van der Waals surface area contributed by atoms with Crippen LogP contribution in [-0.4, -0.2) is 15.3 Å². The normalized spacial score (nSPS) is 14.0. The molecular weight excluding hydrogens is 176 g/mol. The minimum absolute atomic E-state index is 0.0718. The van der Waals surface area contributed by atoms with Crippen LogP contribution >= 0.6 is 0 Å². The van der Waals surface area contributed by atoms with E-state index in [2.05, 4.69) is 4.98 Å². The van der Waals surface area contributed by atoms with E-state index in [1.54, 1.807) is 12.5 Å². The van der Waals surface area contributed by atoms with E-state index in [4.69, 9.17) is 0 Å². The first-order valence-corrected chi connectivity index (χ1v) is 4.98. The lowest BCUT2D eigenvalue weighted by Gasteiger charge is -2.24. The van der Waals surface area contributed by atoms with Crippen LogP contribution < -0.4 is 0 Å². The van der Waals surface area contributed by atoms with E-state index in [1.165, 1.54) is 0 Å². The van der Waals surface area contributed by atoms with Crippen molar-refractivity contribution in [3.63, 3.8) is 0 Å². The highest BCUT2D eigenvalue weighted by Gasteiger charge is 2.29. The molecule has 0 aliphatic carbocycles. The average molecular weight is 194 g/mol. The van der Waals surface area contributed by atoms with E-state index < -0.39 is 0 Å². The molecule has 0 N–H and O–H groups in total. The summed E-state index contributed by atoms with van der Waals surface area (Å²) in [6, 6.07) is -0.0718. The summed E-state index contributed by atoms with van der Waals surface area (Å²) < 4.78 is 1.88. The molecule has 0 aliphatic rings. The third kappa shape index (κ3) is 2.22. The standard InChI is InChI=1S/C11H18N2O/c1-5-9(10(14)11(2,3)4)13-7-6-12-8-13/h6-9H,5H2,1-4H3. The van der Waals surface area contributed by atoms with Crippen molar-refractivity contribution in [1.29, 1.82) is 0 Å². The van der Waals surface area contributed by atoms with E-state index >= 15 is 0 Å². The van der Waals surface area contributed by atoms with Gasteiger partial charge in [-0.05, 0) is 6.42 Å². The molecule has 1 rings (SSSR count). The van der Waals surface area contributed by atoms with Crippen LogP contribution in [0.25, 0.3) is 0 Å². The Balaban J connectivity index is 2.89. The zero-order valence-electron chi connectivity index (χ0n) is 9.32. The second kappa shape index (κ2) is 3.95. The van der Waals surface area contributed by atoms with Gasteiger partial charge in [0.05, 0.1) is 12.4 Å². The summed E-state index contributed by atoms with van der Waals surface area (Å²) in [5, 5.41) is 0.